The topological polar surface area (TPSA) is 45.1 Å². The Balaban J connectivity index is 1.74. The van der Waals surface area contributed by atoms with Crippen LogP contribution in [-0.2, 0) is 6.42 Å². The third-order valence-electron chi connectivity index (χ3n) is 3.71. The molecular formula is C13H20N2O. The molecule has 0 radical (unpaired) electrons. The molecule has 0 saturated heterocycles. The largest absolute Gasteiger partial charge is 0.392 e. The van der Waals surface area contributed by atoms with Gasteiger partial charge in [0, 0.05) is 36.3 Å². The van der Waals surface area contributed by atoms with E-state index in [0.29, 0.717) is 6.04 Å². The van der Waals surface area contributed by atoms with Crippen LogP contribution < -0.4 is 5.32 Å². The summed E-state index contributed by atoms with van der Waals surface area (Å²) < 4.78 is 0. The van der Waals surface area contributed by atoms with Crippen molar-refractivity contribution in [1.29, 1.82) is 0 Å². The van der Waals surface area contributed by atoms with Crippen molar-refractivity contribution in [3.63, 3.8) is 0 Å². The van der Waals surface area contributed by atoms with E-state index >= 15 is 0 Å². The van der Waals surface area contributed by atoms with Crippen molar-refractivity contribution in [2.24, 2.45) is 5.41 Å². The van der Waals surface area contributed by atoms with E-state index in [2.05, 4.69) is 24.1 Å². The SMILES string of the molecule is CC1(C)C(O)CC1NCCc1ccccn1. The summed E-state index contributed by atoms with van der Waals surface area (Å²) in [5.74, 6) is 0. The minimum atomic E-state index is -0.153. The van der Waals surface area contributed by atoms with E-state index in [-0.39, 0.29) is 11.5 Å². The number of nitrogens with one attached hydrogen (secondary N) is 1. The van der Waals surface area contributed by atoms with Crippen LogP contribution >= 0.6 is 0 Å². The maximum atomic E-state index is 9.61. The van der Waals surface area contributed by atoms with Crippen molar-refractivity contribution in [1.82, 2.24) is 10.3 Å². The number of hydrogen-bond acceptors (Lipinski definition) is 3. The Labute approximate surface area is 96.9 Å². The van der Waals surface area contributed by atoms with Gasteiger partial charge in [-0.1, -0.05) is 19.9 Å². The predicted octanol–water partition coefficient (Wildman–Crippen LogP) is 1.37. The summed E-state index contributed by atoms with van der Waals surface area (Å²) in [5.41, 5.74) is 1.14. The Morgan fingerprint density at radius 3 is 2.88 bits per heavy atom. The first-order chi connectivity index (χ1) is 7.60. The Morgan fingerprint density at radius 1 is 1.50 bits per heavy atom. The minimum absolute atomic E-state index is 0.0180. The first kappa shape index (κ1) is 11.6. The minimum Gasteiger partial charge on any atom is -0.392 e. The maximum absolute atomic E-state index is 9.61. The van der Waals surface area contributed by atoms with Crippen molar-refractivity contribution in [3.05, 3.63) is 30.1 Å². The molecule has 0 spiro atoms. The molecule has 2 unspecified atom stereocenters. The molecule has 16 heavy (non-hydrogen) atoms. The number of nitrogens with zero attached hydrogens (tertiary/aromatic N) is 1. The predicted molar refractivity (Wildman–Crippen MR) is 64.1 cm³/mol. The molecule has 0 aromatic carbocycles. The molecule has 2 N–H and O–H groups in total. The number of pyridine rings is 1. The Kier molecular flexibility index (Phi) is 3.26. The standard InChI is InChI=1S/C13H20N2O/c1-13(2)11(9-12(13)16)15-8-6-10-5-3-4-7-14-10/h3-5,7,11-12,15-16H,6,8-9H2,1-2H3. The molecule has 1 heterocycles. The molecule has 2 atom stereocenters. The van der Waals surface area contributed by atoms with Gasteiger partial charge in [-0.3, -0.25) is 4.98 Å². The second-order valence-electron chi connectivity index (χ2n) is 5.15. The third-order valence-corrected chi connectivity index (χ3v) is 3.71. The Morgan fingerprint density at radius 2 is 2.31 bits per heavy atom. The molecule has 88 valence electrons. The molecule has 2 rings (SSSR count). The van der Waals surface area contributed by atoms with Gasteiger partial charge in [-0.05, 0) is 18.6 Å². The highest BCUT2D eigenvalue weighted by Crippen LogP contribution is 2.40. The zero-order chi connectivity index (χ0) is 11.6. The number of aliphatic hydroxyl groups excluding tert-OH is 1. The lowest BCUT2D eigenvalue weighted by molar-refractivity contribution is -0.0720. The molecule has 1 aromatic rings. The van der Waals surface area contributed by atoms with Crippen molar-refractivity contribution >= 4 is 0 Å². The van der Waals surface area contributed by atoms with Gasteiger partial charge in [0.05, 0.1) is 6.10 Å². The zero-order valence-electron chi connectivity index (χ0n) is 9.98. The quantitative estimate of drug-likeness (QED) is 0.805. The van der Waals surface area contributed by atoms with Gasteiger partial charge in [0.15, 0.2) is 0 Å². The second kappa shape index (κ2) is 4.52. The summed E-state index contributed by atoms with van der Waals surface area (Å²) in [5, 5.41) is 13.1. The van der Waals surface area contributed by atoms with Gasteiger partial charge in [-0.15, -0.1) is 0 Å². The summed E-state index contributed by atoms with van der Waals surface area (Å²) in [4.78, 5) is 4.28. The molecule has 3 heteroatoms. The van der Waals surface area contributed by atoms with Crippen LogP contribution in [0.5, 0.6) is 0 Å². The summed E-state index contributed by atoms with van der Waals surface area (Å²) in [7, 11) is 0. The summed E-state index contributed by atoms with van der Waals surface area (Å²) in [6.07, 6.45) is 3.49. The van der Waals surface area contributed by atoms with Crippen LogP contribution in [0.3, 0.4) is 0 Å². The first-order valence-electron chi connectivity index (χ1n) is 5.92. The normalized spacial score (nSPS) is 27.4. The van der Waals surface area contributed by atoms with Crippen molar-refractivity contribution in [2.45, 2.75) is 38.8 Å². The number of aromatic nitrogens is 1. The lowest BCUT2D eigenvalue weighted by Gasteiger charge is -2.49. The Bertz CT molecular complexity index is 337. The number of aliphatic hydroxyl groups is 1. The van der Waals surface area contributed by atoms with Crippen LogP contribution in [0.15, 0.2) is 24.4 Å². The van der Waals surface area contributed by atoms with Gasteiger partial charge in [0.2, 0.25) is 0 Å². The van der Waals surface area contributed by atoms with Crippen molar-refractivity contribution in [2.75, 3.05) is 6.54 Å². The van der Waals surface area contributed by atoms with Gasteiger partial charge < -0.3 is 10.4 Å². The lowest BCUT2D eigenvalue weighted by atomic mass is 9.64. The van der Waals surface area contributed by atoms with E-state index in [1.54, 1.807) is 0 Å². The van der Waals surface area contributed by atoms with Gasteiger partial charge in [-0.2, -0.15) is 0 Å². The highest BCUT2D eigenvalue weighted by atomic mass is 16.3. The molecule has 0 aliphatic heterocycles. The van der Waals surface area contributed by atoms with E-state index in [0.717, 1.165) is 25.1 Å². The van der Waals surface area contributed by atoms with Crippen LogP contribution in [0.4, 0.5) is 0 Å². The summed E-state index contributed by atoms with van der Waals surface area (Å²) >= 11 is 0. The average Bonchev–Trinajstić information content (AvgIpc) is 2.29. The molecule has 0 amide bonds. The molecule has 0 bridgehead atoms. The third kappa shape index (κ3) is 2.25. The van der Waals surface area contributed by atoms with Gasteiger partial charge in [-0.25, -0.2) is 0 Å². The maximum Gasteiger partial charge on any atom is 0.0621 e. The van der Waals surface area contributed by atoms with Gasteiger partial charge in [0.25, 0.3) is 0 Å². The average molecular weight is 220 g/mol. The van der Waals surface area contributed by atoms with Crippen molar-refractivity contribution in [3.8, 4) is 0 Å². The van der Waals surface area contributed by atoms with E-state index in [9.17, 15) is 5.11 Å². The highest BCUT2D eigenvalue weighted by Gasteiger charge is 2.46. The van der Waals surface area contributed by atoms with Crippen LogP contribution in [0, 0.1) is 5.41 Å². The van der Waals surface area contributed by atoms with Crippen LogP contribution in [-0.4, -0.2) is 28.8 Å². The Hall–Kier alpha value is -0.930. The van der Waals surface area contributed by atoms with Gasteiger partial charge >= 0.3 is 0 Å². The molecule has 3 nitrogen and oxygen atoms in total. The number of rotatable bonds is 4. The lowest BCUT2D eigenvalue weighted by Crippen LogP contribution is -2.60. The van der Waals surface area contributed by atoms with Crippen LogP contribution in [0.25, 0.3) is 0 Å². The van der Waals surface area contributed by atoms with Crippen molar-refractivity contribution < 1.29 is 5.11 Å². The highest BCUT2D eigenvalue weighted by molar-refractivity contribution is 5.05. The smallest absolute Gasteiger partial charge is 0.0621 e. The van der Waals surface area contributed by atoms with E-state index in [4.69, 9.17) is 0 Å². The molecule has 1 aliphatic rings. The molecular weight excluding hydrogens is 200 g/mol. The zero-order valence-corrected chi connectivity index (χ0v) is 9.98. The molecule has 1 aromatic heterocycles. The summed E-state index contributed by atoms with van der Waals surface area (Å²) in [6.45, 7) is 5.15. The molecule has 1 fully saturated rings. The fourth-order valence-corrected chi connectivity index (χ4v) is 2.17. The number of hydrogen-bond donors (Lipinski definition) is 2. The first-order valence-corrected chi connectivity index (χ1v) is 5.92. The van der Waals surface area contributed by atoms with E-state index in [1.165, 1.54) is 0 Å². The fourth-order valence-electron chi connectivity index (χ4n) is 2.17. The molecule has 1 aliphatic carbocycles. The second-order valence-corrected chi connectivity index (χ2v) is 5.15. The summed E-state index contributed by atoms with van der Waals surface area (Å²) in [6, 6.07) is 6.43. The fraction of sp³-hybridized carbons (Fsp3) is 0.615. The molecule has 1 saturated carbocycles. The van der Waals surface area contributed by atoms with E-state index < -0.39 is 0 Å². The van der Waals surface area contributed by atoms with E-state index in [1.807, 2.05) is 24.4 Å². The van der Waals surface area contributed by atoms with Crippen LogP contribution in [0.2, 0.25) is 0 Å². The monoisotopic (exact) mass is 220 g/mol. The van der Waals surface area contributed by atoms with Crippen LogP contribution in [0.1, 0.15) is 26.0 Å². The van der Waals surface area contributed by atoms with Gasteiger partial charge in [0.1, 0.15) is 0 Å².